The quantitative estimate of drug-likeness (QED) is 0.0375. The van der Waals surface area contributed by atoms with Gasteiger partial charge in [0, 0.05) is 46.3 Å². The van der Waals surface area contributed by atoms with Gasteiger partial charge in [-0.2, -0.15) is 36.8 Å². The van der Waals surface area contributed by atoms with Gasteiger partial charge in [-0.15, -0.1) is 0 Å². The number of hydrogen-bond acceptors (Lipinski definition) is 14. The van der Waals surface area contributed by atoms with Gasteiger partial charge in [-0.1, -0.05) is 97.1 Å². The average Bonchev–Trinajstić information content (AvgIpc) is 3.27. The number of rotatable bonds is 16. The Hall–Kier alpha value is -6.16. The maximum atomic E-state index is 12.8. The zero-order valence-corrected chi connectivity index (χ0v) is 41.1. The van der Waals surface area contributed by atoms with Crippen molar-refractivity contribution in [3.63, 3.8) is 0 Å². The molecule has 8 rings (SSSR count). The van der Waals surface area contributed by atoms with E-state index in [2.05, 4.69) is 51.8 Å². The largest absolute Gasteiger partial charge is 1.00 e. The number of para-hydroxylation sites is 4. The number of aromatic nitrogens is 4. The predicted octanol–water partition coefficient (Wildman–Crippen LogP) is 4.63. The van der Waals surface area contributed by atoms with Crippen LogP contribution >= 0.6 is 0 Å². The molecule has 0 amide bonds. The maximum Gasteiger partial charge on any atom is 1.00 e. The molecule has 6 aromatic carbocycles. The standard InChI is InChI=1S/C46H38N10O6S2.2Na.2H/c57-63(58,59)39-27-37(49-43-29-41(47-33-13-5-1-6-14-33)53-45(55-43)51-35-17-9-3-10-18-35)25-23-31(39)21-22-32-24-26-38(28-40(32)64(60,61)62)50-44-30-42(48-34-15-7-2-8-16-34)54-46(56-44)52-36-19-11-4-12-20-36;;;;/h1-30H,(H,57,58,59)(H,60,61,62)(H3,47,49,51,53,55)(H3,48,50,52,54,56);;;;/q;2*+1;2*-1/b22-21+;;;;. The summed E-state index contributed by atoms with van der Waals surface area (Å²) in [5.41, 5.74) is 3.57. The molecule has 0 radical (unpaired) electrons. The van der Waals surface area contributed by atoms with Crippen LogP contribution in [0.4, 0.5) is 69.3 Å². The number of anilines is 12. The summed E-state index contributed by atoms with van der Waals surface area (Å²) in [6.07, 6.45) is 2.62. The summed E-state index contributed by atoms with van der Waals surface area (Å²) >= 11 is 0. The topological polar surface area (TPSA) is 232 Å². The Bertz CT molecular complexity index is 2860. The summed E-state index contributed by atoms with van der Waals surface area (Å²) < 4.78 is 71.7. The molecule has 16 nitrogen and oxygen atoms in total. The molecule has 0 aliphatic heterocycles. The third-order valence-electron chi connectivity index (χ3n) is 9.17. The van der Waals surface area contributed by atoms with E-state index in [0.29, 0.717) is 11.6 Å². The van der Waals surface area contributed by atoms with Crippen molar-refractivity contribution in [2.45, 2.75) is 9.79 Å². The Morgan fingerprint density at radius 3 is 0.924 bits per heavy atom. The molecule has 324 valence electrons. The van der Waals surface area contributed by atoms with Crippen LogP contribution in [0.1, 0.15) is 14.0 Å². The van der Waals surface area contributed by atoms with Gasteiger partial charge in [0.2, 0.25) is 11.9 Å². The molecule has 8 aromatic rings. The molecule has 0 spiro atoms. The maximum absolute atomic E-state index is 12.8. The van der Waals surface area contributed by atoms with E-state index in [1.807, 2.05) is 121 Å². The van der Waals surface area contributed by atoms with E-state index in [1.54, 1.807) is 24.3 Å². The van der Waals surface area contributed by atoms with Crippen molar-refractivity contribution in [3.05, 3.63) is 181 Å². The first-order chi connectivity index (χ1) is 30.9. The van der Waals surface area contributed by atoms with Crippen molar-refractivity contribution < 1.29 is 87.9 Å². The fraction of sp³-hybridized carbons (Fsp3) is 0. The summed E-state index contributed by atoms with van der Waals surface area (Å²) in [5.74, 6) is 1.92. The molecule has 66 heavy (non-hydrogen) atoms. The van der Waals surface area contributed by atoms with Crippen LogP contribution < -0.4 is 91.0 Å². The second-order valence-electron chi connectivity index (χ2n) is 13.9. The molecule has 0 atom stereocenters. The third kappa shape index (κ3) is 13.7. The second kappa shape index (κ2) is 22.4. The van der Waals surface area contributed by atoms with Gasteiger partial charge in [0.05, 0.1) is 0 Å². The number of nitrogens with one attached hydrogen (secondary N) is 6. The Morgan fingerprint density at radius 2 is 0.636 bits per heavy atom. The fourth-order valence-electron chi connectivity index (χ4n) is 6.32. The molecule has 0 aliphatic carbocycles. The summed E-state index contributed by atoms with van der Waals surface area (Å²) in [5, 5.41) is 19.0. The molecule has 0 saturated heterocycles. The monoisotopic (exact) mass is 938 g/mol. The van der Waals surface area contributed by atoms with E-state index in [1.165, 1.54) is 36.4 Å². The van der Waals surface area contributed by atoms with Crippen LogP contribution in [0.2, 0.25) is 0 Å². The molecule has 8 N–H and O–H groups in total. The van der Waals surface area contributed by atoms with Gasteiger partial charge in [-0.25, -0.2) is 0 Å². The van der Waals surface area contributed by atoms with E-state index >= 15 is 0 Å². The van der Waals surface area contributed by atoms with Crippen molar-refractivity contribution in [1.29, 1.82) is 0 Å². The molecule has 0 fully saturated rings. The van der Waals surface area contributed by atoms with E-state index in [4.69, 9.17) is 0 Å². The van der Waals surface area contributed by atoms with E-state index in [0.717, 1.165) is 22.7 Å². The van der Waals surface area contributed by atoms with Gasteiger partial charge in [0.1, 0.15) is 33.1 Å². The van der Waals surface area contributed by atoms with E-state index in [-0.39, 0.29) is 108 Å². The molecule has 2 aromatic heterocycles. The summed E-state index contributed by atoms with van der Waals surface area (Å²) in [6.45, 7) is 0. The Morgan fingerprint density at radius 1 is 0.364 bits per heavy atom. The Labute approximate surface area is 428 Å². The van der Waals surface area contributed by atoms with Crippen LogP contribution in [-0.4, -0.2) is 45.9 Å². The van der Waals surface area contributed by atoms with Crippen molar-refractivity contribution >= 4 is 102 Å². The minimum absolute atomic E-state index is 0. The van der Waals surface area contributed by atoms with Crippen LogP contribution in [0.25, 0.3) is 12.2 Å². The average molecular weight is 939 g/mol. The SMILES string of the molecule is O=S(=O)(O)c1cc(Nc2cc(Nc3ccccc3)nc(Nc3ccccc3)n2)ccc1/C=C/c1ccc(Nc2cc(Nc3ccccc3)nc(Nc3ccccc3)n2)cc1S(=O)(=O)O.[H-].[H-].[Na+].[Na+]. The molecule has 2 heterocycles. The van der Waals surface area contributed by atoms with Crippen LogP contribution in [0.15, 0.2) is 180 Å². The Kier molecular flexibility index (Phi) is 16.7. The zero-order chi connectivity index (χ0) is 44.5. The van der Waals surface area contributed by atoms with Crippen molar-refractivity contribution in [2.24, 2.45) is 0 Å². The minimum Gasteiger partial charge on any atom is -1.00 e. The van der Waals surface area contributed by atoms with Crippen molar-refractivity contribution in [2.75, 3.05) is 31.9 Å². The first-order valence-corrected chi connectivity index (χ1v) is 22.3. The first-order valence-electron chi connectivity index (χ1n) is 19.4. The molecule has 20 heteroatoms. The predicted molar refractivity (Wildman–Crippen MR) is 253 cm³/mol. The van der Waals surface area contributed by atoms with Gasteiger partial charge in [0.15, 0.2) is 0 Å². The third-order valence-corrected chi connectivity index (χ3v) is 11.0. The molecule has 0 unspecified atom stereocenters. The molecular formula is C46H40N10Na2O6S2. The summed E-state index contributed by atoms with van der Waals surface area (Å²) in [7, 11) is -9.65. The van der Waals surface area contributed by atoms with Gasteiger partial charge in [-0.05, 0) is 83.9 Å². The zero-order valence-electron chi connectivity index (χ0n) is 37.5. The number of hydrogen-bond donors (Lipinski definition) is 8. The minimum atomic E-state index is -4.83. The van der Waals surface area contributed by atoms with E-state index in [9.17, 15) is 25.9 Å². The van der Waals surface area contributed by atoms with E-state index < -0.39 is 30.0 Å². The van der Waals surface area contributed by atoms with Gasteiger partial charge in [0.25, 0.3) is 20.2 Å². The molecule has 0 saturated carbocycles. The van der Waals surface area contributed by atoms with Gasteiger partial charge in [-0.3, -0.25) is 9.11 Å². The van der Waals surface area contributed by atoms with Crippen LogP contribution in [0.3, 0.4) is 0 Å². The number of benzene rings is 6. The number of nitrogens with zero attached hydrogens (tertiary/aromatic N) is 4. The van der Waals surface area contributed by atoms with Crippen LogP contribution in [0, 0.1) is 0 Å². The smallest absolute Gasteiger partial charge is 1.00 e. The normalized spacial score (nSPS) is 11.1. The Balaban J connectivity index is 0.00000252. The summed E-state index contributed by atoms with van der Waals surface area (Å²) in [6, 6.07) is 49.0. The molecular weight excluding hydrogens is 899 g/mol. The second-order valence-corrected chi connectivity index (χ2v) is 16.7. The van der Waals surface area contributed by atoms with Crippen LogP contribution in [-0.2, 0) is 20.2 Å². The first kappa shape index (κ1) is 49.3. The van der Waals surface area contributed by atoms with Crippen molar-refractivity contribution in [1.82, 2.24) is 19.9 Å². The van der Waals surface area contributed by atoms with Gasteiger partial charge >= 0.3 is 59.1 Å². The van der Waals surface area contributed by atoms with Crippen molar-refractivity contribution in [3.8, 4) is 0 Å². The molecule has 0 aliphatic rings. The fourth-order valence-corrected chi connectivity index (χ4v) is 7.74. The molecule has 0 bridgehead atoms. The summed E-state index contributed by atoms with van der Waals surface area (Å²) in [4.78, 5) is 17.3. The van der Waals surface area contributed by atoms with Gasteiger partial charge < -0.3 is 34.8 Å². The van der Waals surface area contributed by atoms with Crippen LogP contribution in [0.5, 0.6) is 0 Å².